The van der Waals surface area contributed by atoms with Crippen molar-refractivity contribution in [3.8, 4) is 0 Å². The van der Waals surface area contributed by atoms with Crippen molar-refractivity contribution in [3.05, 3.63) is 81.2 Å². The van der Waals surface area contributed by atoms with Gasteiger partial charge in [0, 0.05) is 78.1 Å². The zero-order valence-electron chi connectivity index (χ0n) is 26.5. The number of alkyl halides is 1. The number of fused-ring (bicyclic) bond motifs is 1. The van der Waals surface area contributed by atoms with Gasteiger partial charge in [-0.15, -0.1) is 11.3 Å². The molecule has 0 radical (unpaired) electrons. The van der Waals surface area contributed by atoms with Crippen molar-refractivity contribution in [1.29, 1.82) is 0 Å². The highest BCUT2D eigenvalue weighted by Crippen LogP contribution is 2.39. The Kier molecular flexibility index (Phi) is 10.2. The number of thiazole rings is 1. The maximum absolute atomic E-state index is 15.7. The van der Waals surface area contributed by atoms with Crippen LogP contribution in [0.15, 0.2) is 48.8 Å². The minimum atomic E-state index is -0.544. The van der Waals surface area contributed by atoms with Gasteiger partial charge < -0.3 is 24.3 Å². The lowest BCUT2D eigenvalue weighted by atomic mass is 10.0. The molecule has 47 heavy (non-hydrogen) atoms. The van der Waals surface area contributed by atoms with Crippen LogP contribution in [0.1, 0.15) is 50.3 Å². The zero-order valence-corrected chi connectivity index (χ0v) is 29.5. The lowest BCUT2D eigenvalue weighted by Crippen LogP contribution is -2.56. The first-order chi connectivity index (χ1) is 22.7. The first-order valence-electron chi connectivity index (χ1n) is 15.5. The number of anilines is 1. The van der Waals surface area contributed by atoms with Gasteiger partial charge in [0.05, 0.1) is 37.7 Å². The Hall–Kier alpha value is -3.40. The van der Waals surface area contributed by atoms with Gasteiger partial charge in [-0.25, -0.2) is 9.37 Å². The van der Waals surface area contributed by atoms with Crippen LogP contribution in [0.25, 0.3) is 10.9 Å². The molecule has 2 fully saturated rings. The molecule has 2 atom stereocenters. The number of carbonyl (C=O) groups excluding carboxylic acids is 3. The third-order valence-corrected chi connectivity index (χ3v) is 11.1. The number of nitrogens with zero attached hydrogens (tertiary/aromatic N) is 4. The first-order valence-corrected chi connectivity index (χ1v) is 17.8. The number of hydrogen-bond donors (Lipinski definition) is 1. The van der Waals surface area contributed by atoms with Gasteiger partial charge in [0.25, 0.3) is 5.91 Å². The quantitative estimate of drug-likeness (QED) is 0.126. The van der Waals surface area contributed by atoms with Crippen molar-refractivity contribution in [2.75, 3.05) is 39.2 Å². The highest BCUT2D eigenvalue weighted by Gasteiger charge is 2.43. The second-order valence-corrected chi connectivity index (χ2v) is 13.9. The molecule has 2 aromatic heterocycles. The molecule has 1 N–H and O–H groups in total. The van der Waals surface area contributed by atoms with E-state index in [0.717, 1.165) is 39.4 Å². The fourth-order valence-electron chi connectivity index (χ4n) is 6.43. The number of halogens is 2. The number of ether oxygens (including phenoxy) is 2. The van der Waals surface area contributed by atoms with E-state index in [1.54, 1.807) is 25.6 Å². The molecule has 10 nitrogen and oxygen atoms in total. The number of aromatic nitrogens is 2. The third-order valence-electron chi connectivity index (χ3n) is 9.13. The van der Waals surface area contributed by atoms with Gasteiger partial charge in [-0.05, 0) is 42.2 Å². The number of benzene rings is 2. The predicted molar refractivity (Wildman–Crippen MR) is 186 cm³/mol. The first kappa shape index (κ1) is 33.5. The van der Waals surface area contributed by atoms with E-state index in [0.29, 0.717) is 35.1 Å². The molecule has 0 saturated carbocycles. The van der Waals surface area contributed by atoms with Crippen LogP contribution in [0, 0.1) is 5.82 Å². The van der Waals surface area contributed by atoms with E-state index in [4.69, 9.17) is 9.47 Å². The van der Waals surface area contributed by atoms with E-state index in [2.05, 4.69) is 37.8 Å². The number of methoxy groups -OCH3 is 2. The minimum Gasteiger partial charge on any atom is -0.469 e. The number of hydrogen-bond acceptors (Lipinski definition) is 8. The number of amides is 2. The summed E-state index contributed by atoms with van der Waals surface area (Å²) in [5, 5.41) is 4.53. The van der Waals surface area contributed by atoms with E-state index in [1.165, 1.54) is 24.5 Å². The summed E-state index contributed by atoms with van der Waals surface area (Å²) in [5.74, 6) is -1.33. The molecule has 13 heteroatoms. The molecule has 4 heterocycles. The van der Waals surface area contributed by atoms with E-state index >= 15 is 4.39 Å². The molecule has 2 amide bonds. The Morgan fingerprint density at radius 1 is 1.13 bits per heavy atom. The maximum Gasteiger partial charge on any atom is 0.305 e. The number of rotatable bonds is 11. The molecular weight excluding hydrogens is 736 g/mol. The van der Waals surface area contributed by atoms with Gasteiger partial charge in [-0.3, -0.25) is 19.3 Å². The summed E-state index contributed by atoms with van der Waals surface area (Å²) in [5.41, 5.74) is 2.84. The second kappa shape index (κ2) is 14.4. The van der Waals surface area contributed by atoms with Gasteiger partial charge >= 0.3 is 5.97 Å². The van der Waals surface area contributed by atoms with Crippen molar-refractivity contribution in [1.82, 2.24) is 19.4 Å². The fourth-order valence-corrected chi connectivity index (χ4v) is 8.11. The van der Waals surface area contributed by atoms with Crippen molar-refractivity contribution >= 4 is 68.3 Å². The smallest absolute Gasteiger partial charge is 0.305 e. The van der Waals surface area contributed by atoms with E-state index in [9.17, 15) is 14.4 Å². The summed E-state index contributed by atoms with van der Waals surface area (Å²) >= 11 is 3.68. The van der Waals surface area contributed by atoms with E-state index in [1.807, 2.05) is 40.8 Å². The molecule has 6 rings (SSSR count). The standard InChI is InChI=1S/C34H37FIN5O5S/c1-39-19-26(25-6-4-5-7-29(25)39)33(44)38-28-13-27(35)20(10-21(28)14-36)11-31(42)41-16-22(40-17-23(18-40)45-2)12-30(41)34-37-15-24(47-34)8-9-32(43)46-3/h4-7,10,13,15,19,22-23,30H,8-9,11-12,14,16-18H2,1-3H3,(H,38,44)/t22-,30-/m0/s1. The molecule has 0 spiro atoms. The lowest BCUT2D eigenvalue weighted by molar-refractivity contribution is -0.140. The van der Waals surface area contributed by atoms with E-state index in [-0.39, 0.29) is 54.4 Å². The van der Waals surface area contributed by atoms with Crippen molar-refractivity contribution in [3.63, 3.8) is 0 Å². The SMILES string of the molecule is COC(=O)CCc1cnc([C@@H]2C[C@H](N3CC(OC)C3)CN2C(=O)Cc2cc(CI)c(NC(=O)c3cn(C)c4ccccc34)cc2F)s1. The zero-order chi connectivity index (χ0) is 33.2. The summed E-state index contributed by atoms with van der Waals surface area (Å²) in [6.45, 7) is 2.12. The van der Waals surface area contributed by atoms with Crippen LogP contribution in [0.2, 0.25) is 0 Å². The number of para-hydroxylation sites is 1. The third kappa shape index (κ3) is 7.08. The van der Waals surface area contributed by atoms with Gasteiger partial charge in [-0.1, -0.05) is 40.8 Å². The highest BCUT2D eigenvalue weighted by molar-refractivity contribution is 14.1. The average Bonchev–Trinajstić information content (AvgIpc) is 3.78. The molecule has 4 aromatic rings. The number of aryl methyl sites for hydroxylation is 2. The van der Waals surface area contributed by atoms with E-state index < -0.39 is 5.82 Å². The topological polar surface area (TPSA) is 106 Å². The van der Waals surface area contributed by atoms with Gasteiger partial charge in [0.2, 0.25) is 5.91 Å². The van der Waals surface area contributed by atoms with Crippen molar-refractivity contribution < 1.29 is 28.2 Å². The largest absolute Gasteiger partial charge is 0.469 e. The molecule has 0 unspecified atom stereocenters. The van der Waals surface area contributed by atoms with Crippen LogP contribution in [-0.2, 0) is 43.4 Å². The highest BCUT2D eigenvalue weighted by atomic mass is 127. The summed E-state index contributed by atoms with van der Waals surface area (Å²) in [7, 11) is 4.96. The fraction of sp³-hybridized carbons (Fsp3) is 0.412. The number of likely N-dealkylation sites (tertiary alicyclic amines) is 2. The van der Waals surface area contributed by atoms with Crippen LogP contribution in [0.4, 0.5) is 10.1 Å². The predicted octanol–water partition coefficient (Wildman–Crippen LogP) is 5.28. The molecule has 0 bridgehead atoms. The molecule has 0 aliphatic carbocycles. The van der Waals surface area contributed by atoms with Crippen LogP contribution >= 0.6 is 33.9 Å². The normalized spacial score (nSPS) is 18.4. The van der Waals surface area contributed by atoms with Crippen LogP contribution in [-0.4, -0.2) is 83.1 Å². The Morgan fingerprint density at radius 3 is 2.66 bits per heavy atom. The molecule has 2 aliphatic heterocycles. The van der Waals surface area contributed by atoms with Crippen LogP contribution in [0.3, 0.4) is 0 Å². The van der Waals surface area contributed by atoms with Gasteiger partial charge in [-0.2, -0.15) is 0 Å². The maximum atomic E-state index is 15.7. The Morgan fingerprint density at radius 2 is 1.91 bits per heavy atom. The number of esters is 1. The summed E-state index contributed by atoms with van der Waals surface area (Å²) in [6.07, 6.45) is 5.10. The van der Waals surface area contributed by atoms with Crippen LogP contribution in [0.5, 0.6) is 0 Å². The van der Waals surface area contributed by atoms with Crippen molar-refractivity contribution in [2.45, 2.75) is 48.3 Å². The monoisotopic (exact) mass is 773 g/mol. The number of carbonyl (C=O) groups is 3. The molecule has 2 saturated heterocycles. The summed E-state index contributed by atoms with van der Waals surface area (Å²) in [6, 6.07) is 10.5. The Balaban J connectivity index is 1.20. The van der Waals surface area contributed by atoms with Crippen molar-refractivity contribution in [2.24, 2.45) is 7.05 Å². The summed E-state index contributed by atoms with van der Waals surface area (Å²) < 4.78 is 28.3. The molecule has 2 aromatic carbocycles. The van der Waals surface area contributed by atoms with Gasteiger partial charge in [0.1, 0.15) is 10.8 Å². The Labute approximate surface area is 290 Å². The Bertz CT molecular complexity index is 1800. The van der Waals surface area contributed by atoms with Gasteiger partial charge in [0.15, 0.2) is 0 Å². The molecule has 248 valence electrons. The number of nitrogens with one attached hydrogen (secondary N) is 1. The second-order valence-electron chi connectivity index (χ2n) is 12.0. The van der Waals surface area contributed by atoms with Crippen LogP contribution < -0.4 is 5.32 Å². The molecular formula is C34H37FIN5O5S. The average molecular weight is 774 g/mol. The summed E-state index contributed by atoms with van der Waals surface area (Å²) in [4.78, 5) is 48.7. The lowest BCUT2D eigenvalue weighted by Gasteiger charge is -2.42. The molecule has 2 aliphatic rings. The minimum absolute atomic E-state index is 0.114.